The van der Waals surface area contributed by atoms with Crippen molar-refractivity contribution in [3.63, 3.8) is 0 Å². The summed E-state index contributed by atoms with van der Waals surface area (Å²) in [6.07, 6.45) is 3.26. The largest absolute Gasteiger partial charge is 0.497 e. The monoisotopic (exact) mass is 206 g/mol. The predicted molar refractivity (Wildman–Crippen MR) is 61.2 cm³/mol. The fourth-order valence-corrected chi connectivity index (χ4v) is 1.46. The van der Waals surface area contributed by atoms with Crippen LogP contribution in [0.2, 0.25) is 0 Å². The average molecular weight is 206 g/mol. The van der Waals surface area contributed by atoms with Crippen molar-refractivity contribution in [3.8, 4) is 5.75 Å². The fraction of sp³-hybridized carbons (Fsp3) is 0.462. The van der Waals surface area contributed by atoms with E-state index in [0.29, 0.717) is 18.6 Å². The molecule has 1 rings (SSSR count). The maximum atomic E-state index is 11.1. The van der Waals surface area contributed by atoms with Crippen LogP contribution >= 0.6 is 0 Å². The quantitative estimate of drug-likeness (QED) is 0.715. The maximum Gasteiger partial charge on any atom is 0.132 e. The van der Waals surface area contributed by atoms with E-state index in [1.165, 1.54) is 5.56 Å². The second-order valence-corrected chi connectivity index (χ2v) is 3.59. The van der Waals surface area contributed by atoms with Gasteiger partial charge in [-0.1, -0.05) is 19.1 Å². The number of benzene rings is 1. The Bertz CT molecular complexity index is 301. The molecule has 0 N–H and O–H groups in total. The summed E-state index contributed by atoms with van der Waals surface area (Å²) in [7, 11) is 1.66. The molecule has 1 aromatic carbocycles. The maximum absolute atomic E-state index is 11.1. The molecular weight excluding hydrogens is 188 g/mol. The summed E-state index contributed by atoms with van der Waals surface area (Å²) in [5.74, 6) is 1.23. The molecule has 0 saturated carbocycles. The van der Waals surface area contributed by atoms with Crippen LogP contribution in [-0.2, 0) is 11.2 Å². The molecule has 0 amide bonds. The number of methoxy groups -OCH3 is 1. The average Bonchev–Trinajstić information content (AvgIpc) is 2.29. The van der Waals surface area contributed by atoms with Crippen molar-refractivity contribution in [2.24, 2.45) is 0 Å². The summed E-state index contributed by atoms with van der Waals surface area (Å²) in [5.41, 5.74) is 1.26. The van der Waals surface area contributed by atoms with Crippen LogP contribution in [0.1, 0.15) is 31.7 Å². The topological polar surface area (TPSA) is 26.3 Å². The summed E-state index contributed by atoms with van der Waals surface area (Å²) in [6.45, 7) is 1.91. The second-order valence-electron chi connectivity index (χ2n) is 3.59. The second kappa shape index (κ2) is 6.23. The van der Waals surface area contributed by atoms with Crippen LogP contribution in [0.5, 0.6) is 5.75 Å². The van der Waals surface area contributed by atoms with E-state index in [1.54, 1.807) is 7.11 Å². The zero-order chi connectivity index (χ0) is 11.1. The smallest absolute Gasteiger partial charge is 0.132 e. The van der Waals surface area contributed by atoms with Crippen molar-refractivity contribution in [1.29, 1.82) is 0 Å². The van der Waals surface area contributed by atoms with Crippen LogP contribution in [0.3, 0.4) is 0 Å². The Morgan fingerprint density at radius 3 is 2.47 bits per heavy atom. The Balaban J connectivity index is 2.34. The van der Waals surface area contributed by atoms with Crippen molar-refractivity contribution in [2.75, 3.05) is 7.11 Å². The van der Waals surface area contributed by atoms with Gasteiger partial charge in [-0.05, 0) is 30.5 Å². The molecule has 0 spiro atoms. The first-order valence-electron chi connectivity index (χ1n) is 5.41. The summed E-state index contributed by atoms with van der Waals surface area (Å²) < 4.78 is 5.08. The van der Waals surface area contributed by atoms with Crippen LogP contribution in [-0.4, -0.2) is 12.9 Å². The molecule has 0 saturated heterocycles. The van der Waals surface area contributed by atoms with E-state index in [-0.39, 0.29) is 0 Å². The van der Waals surface area contributed by atoms with Gasteiger partial charge >= 0.3 is 0 Å². The van der Waals surface area contributed by atoms with Gasteiger partial charge in [-0.25, -0.2) is 0 Å². The first kappa shape index (κ1) is 11.8. The molecule has 2 heteroatoms. The lowest BCUT2D eigenvalue weighted by Crippen LogP contribution is -1.96. The highest BCUT2D eigenvalue weighted by Gasteiger charge is 1.99. The minimum Gasteiger partial charge on any atom is -0.497 e. The Morgan fingerprint density at radius 1 is 1.27 bits per heavy atom. The molecule has 0 radical (unpaired) electrons. The highest BCUT2D eigenvalue weighted by molar-refractivity contribution is 5.77. The number of rotatable bonds is 6. The highest BCUT2D eigenvalue weighted by Crippen LogP contribution is 2.13. The van der Waals surface area contributed by atoms with Crippen molar-refractivity contribution < 1.29 is 9.53 Å². The molecule has 0 heterocycles. The molecule has 82 valence electrons. The molecule has 0 aliphatic carbocycles. The number of ketones is 1. The summed E-state index contributed by atoms with van der Waals surface area (Å²) >= 11 is 0. The van der Waals surface area contributed by atoms with Crippen molar-refractivity contribution >= 4 is 5.78 Å². The lowest BCUT2D eigenvalue weighted by Gasteiger charge is -2.02. The number of ether oxygens (including phenoxy) is 1. The number of Topliss-reactive ketones (excluding diaryl/α,β-unsaturated/α-hetero) is 1. The van der Waals surface area contributed by atoms with Crippen LogP contribution in [0.15, 0.2) is 24.3 Å². The summed E-state index contributed by atoms with van der Waals surface area (Å²) in [5, 5.41) is 0. The SMILES string of the molecule is CCC(=O)CCCc1ccc(OC)cc1. The molecule has 15 heavy (non-hydrogen) atoms. The van der Waals surface area contributed by atoms with E-state index in [9.17, 15) is 4.79 Å². The van der Waals surface area contributed by atoms with E-state index in [0.717, 1.165) is 18.6 Å². The van der Waals surface area contributed by atoms with Crippen molar-refractivity contribution in [3.05, 3.63) is 29.8 Å². The summed E-state index contributed by atoms with van der Waals surface area (Å²) in [4.78, 5) is 11.1. The molecular formula is C13H18O2. The molecule has 0 aliphatic heterocycles. The first-order chi connectivity index (χ1) is 7.26. The molecule has 0 aromatic heterocycles. The summed E-state index contributed by atoms with van der Waals surface area (Å²) in [6, 6.07) is 8.01. The Kier molecular flexibility index (Phi) is 4.88. The van der Waals surface area contributed by atoms with Crippen molar-refractivity contribution in [1.82, 2.24) is 0 Å². The van der Waals surface area contributed by atoms with Crippen LogP contribution in [0.4, 0.5) is 0 Å². The zero-order valence-corrected chi connectivity index (χ0v) is 9.45. The van der Waals surface area contributed by atoms with Crippen LogP contribution in [0.25, 0.3) is 0 Å². The first-order valence-corrected chi connectivity index (χ1v) is 5.41. The van der Waals surface area contributed by atoms with E-state index < -0.39 is 0 Å². The molecule has 1 aromatic rings. The van der Waals surface area contributed by atoms with Gasteiger partial charge in [0.25, 0.3) is 0 Å². The number of aryl methyl sites for hydroxylation is 1. The number of carbonyl (C=O) groups excluding carboxylic acids is 1. The minimum atomic E-state index is 0.350. The van der Waals surface area contributed by atoms with Gasteiger partial charge in [0.2, 0.25) is 0 Å². The Hall–Kier alpha value is -1.31. The van der Waals surface area contributed by atoms with Gasteiger partial charge in [-0.15, -0.1) is 0 Å². The van der Waals surface area contributed by atoms with E-state index >= 15 is 0 Å². The van der Waals surface area contributed by atoms with Crippen molar-refractivity contribution in [2.45, 2.75) is 32.6 Å². The third-order valence-corrected chi connectivity index (χ3v) is 2.47. The van der Waals surface area contributed by atoms with Gasteiger partial charge in [-0.2, -0.15) is 0 Å². The van der Waals surface area contributed by atoms with E-state index in [1.807, 2.05) is 19.1 Å². The van der Waals surface area contributed by atoms with Gasteiger partial charge in [-0.3, -0.25) is 4.79 Å². The van der Waals surface area contributed by atoms with Gasteiger partial charge in [0.05, 0.1) is 7.11 Å². The predicted octanol–water partition coefficient (Wildman–Crippen LogP) is 3.00. The van der Waals surface area contributed by atoms with Crippen LogP contribution < -0.4 is 4.74 Å². The lowest BCUT2D eigenvalue weighted by molar-refractivity contribution is -0.118. The normalized spacial score (nSPS) is 10.0. The number of hydrogen-bond donors (Lipinski definition) is 0. The van der Waals surface area contributed by atoms with Gasteiger partial charge < -0.3 is 4.74 Å². The van der Waals surface area contributed by atoms with Gasteiger partial charge in [0.1, 0.15) is 11.5 Å². The molecule has 0 unspecified atom stereocenters. The Morgan fingerprint density at radius 2 is 1.93 bits per heavy atom. The minimum absolute atomic E-state index is 0.350. The molecule has 0 bridgehead atoms. The van der Waals surface area contributed by atoms with Gasteiger partial charge in [0.15, 0.2) is 0 Å². The zero-order valence-electron chi connectivity index (χ0n) is 9.45. The molecule has 2 nitrogen and oxygen atoms in total. The fourth-order valence-electron chi connectivity index (χ4n) is 1.46. The number of carbonyl (C=O) groups is 1. The van der Waals surface area contributed by atoms with Gasteiger partial charge in [0, 0.05) is 12.8 Å². The standard InChI is InChI=1S/C13H18O2/c1-3-12(14)6-4-5-11-7-9-13(15-2)10-8-11/h7-10H,3-6H2,1-2H3. The molecule has 0 fully saturated rings. The lowest BCUT2D eigenvalue weighted by atomic mass is 10.1. The molecule has 0 aliphatic rings. The number of hydrogen-bond acceptors (Lipinski definition) is 2. The molecule has 0 atom stereocenters. The van der Waals surface area contributed by atoms with E-state index in [4.69, 9.17) is 4.74 Å². The third-order valence-electron chi connectivity index (χ3n) is 2.47. The van der Waals surface area contributed by atoms with Crippen LogP contribution in [0, 0.1) is 0 Å². The highest BCUT2D eigenvalue weighted by atomic mass is 16.5. The Labute approximate surface area is 91.3 Å². The van der Waals surface area contributed by atoms with E-state index in [2.05, 4.69) is 12.1 Å². The third kappa shape index (κ3) is 4.15.